The fourth-order valence-electron chi connectivity index (χ4n) is 2.94. The van der Waals surface area contributed by atoms with Gasteiger partial charge in [0.1, 0.15) is 0 Å². The number of amides is 2. The van der Waals surface area contributed by atoms with Gasteiger partial charge in [0.15, 0.2) is 0 Å². The van der Waals surface area contributed by atoms with Crippen molar-refractivity contribution >= 4 is 17.4 Å². The van der Waals surface area contributed by atoms with Crippen LogP contribution in [0.4, 0.5) is 16.2 Å². The molecule has 0 aromatic heterocycles. The molecule has 102 valence electrons. The summed E-state index contributed by atoms with van der Waals surface area (Å²) in [6.45, 7) is 1.30. The molecule has 0 bridgehead atoms. The molecular weight excluding hydrogens is 242 g/mol. The van der Waals surface area contributed by atoms with Crippen LogP contribution in [0.1, 0.15) is 19.3 Å². The van der Waals surface area contributed by atoms with E-state index >= 15 is 0 Å². The lowest BCUT2D eigenvalue weighted by molar-refractivity contribution is -0.0362. The Morgan fingerprint density at radius 3 is 2.89 bits per heavy atom. The first-order valence-electron chi connectivity index (χ1n) is 6.79. The number of carbonyl (C=O) groups excluding carboxylic acids is 1. The third kappa shape index (κ3) is 2.51. The number of nitrogen functional groups attached to an aromatic ring is 1. The average Bonchev–Trinajstić information content (AvgIpc) is 2.89. The zero-order valence-corrected chi connectivity index (χ0v) is 10.8. The number of urea groups is 1. The Bertz CT molecular complexity index is 460. The number of anilines is 2. The minimum atomic E-state index is -0.0371. The van der Waals surface area contributed by atoms with Gasteiger partial charge >= 0.3 is 6.03 Å². The fourth-order valence-corrected chi connectivity index (χ4v) is 2.94. The summed E-state index contributed by atoms with van der Waals surface area (Å²) in [6.07, 6.45) is 3.47. The zero-order chi connectivity index (χ0) is 13.2. The quantitative estimate of drug-likeness (QED) is 0.760. The molecule has 1 saturated heterocycles. The molecule has 5 heteroatoms. The molecule has 0 radical (unpaired) electrons. The van der Waals surface area contributed by atoms with Gasteiger partial charge in [0, 0.05) is 17.9 Å². The molecule has 1 aromatic rings. The van der Waals surface area contributed by atoms with E-state index in [0.717, 1.165) is 24.9 Å². The summed E-state index contributed by atoms with van der Waals surface area (Å²) in [5.41, 5.74) is 7.10. The van der Waals surface area contributed by atoms with Crippen molar-refractivity contribution in [2.24, 2.45) is 0 Å². The third-order valence-corrected chi connectivity index (χ3v) is 3.90. The number of ether oxygens (including phenoxy) is 1. The van der Waals surface area contributed by atoms with Crippen LogP contribution in [0.2, 0.25) is 0 Å². The Morgan fingerprint density at radius 2 is 2.11 bits per heavy atom. The highest BCUT2D eigenvalue weighted by atomic mass is 16.5. The maximum absolute atomic E-state index is 12.3. The number of benzene rings is 1. The van der Waals surface area contributed by atoms with Crippen molar-refractivity contribution in [1.82, 2.24) is 4.90 Å². The lowest BCUT2D eigenvalue weighted by atomic mass is 10.1. The molecule has 2 aliphatic rings. The number of hydrogen-bond acceptors (Lipinski definition) is 3. The van der Waals surface area contributed by atoms with Gasteiger partial charge in [-0.05, 0) is 43.5 Å². The summed E-state index contributed by atoms with van der Waals surface area (Å²) < 4.78 is 5.71. The van der Waals surface area contributed by atoms with E-state index in [1.165, 1.54) is 0 Å². The first kappa shape index (κ1) is 12.3. The van der Waals surface area contributed by atoms with Crippen LogP contribution < -0.4 is 11.1 Å². The van der Waals surface area contributed by atoms with Gasteiger partial charge in [0.25, 0.3) is 0 Å². The molecule has 1 aliphatic carbocycles. The number of nitrogens with zero attached hydrogens (tertiary/aromatic N) is 1. The topological polar surface area (TPSA) is 67.6 Å². The number of morpholine rings is 1. The van der Waals surface area contributed by atoms with E-state index in [9.17, 15) is 4.79 Å². The molecular formula is C14H19N3O2. The second kappa shape index (κ2) is 5.09. The van der Waals surface area contributed by atoms with E-state index in [2.05, 4.69) is 5.32 Å². The maximum Gasteiger partial charge on any atom is 0.322 e. The van der Waals surface area contributed by atoms with E-state index in [1.807, 2.05) is 17.0 Å². The molecule has 19 heavy (non-hydrogen) atoms. The van der Waals surface area contributed by atoms with Crippen molar-refractivity contribution < 1.29 is 9.53 Å². The maximum atomic E-state index is 12.3. The Morgan fingerprint density at radius 1 is 1.32 bits per heavy atom. The summed E-state index contributed by atoms with van der Waals surface area (Å²) in [5.74, 6) is 0. The summed E-state index contributed by atoms with van der Waals surface area (Å²) >= 11 is 0. The number of carbonyl (C=O) groups is 1. The highest BCUT2D eigenvalue weighted by Crippen LogP contribution is 2.30. The number of nitrogens with two attached hydrogens (primary N) is 1. The van der Waals surface area contributed by atoms with Crippen molar-refractivity contribution in [3.05, 3.63) is 24.3 Å². The fraction of sp³-hybridized carbons (Fsp3) is 0.500. The second-order valence-corrected chi connectivity index (χ2v) is 5.15. The summed E-state index contributed by atoms with van der Waals surface area (Å²) in [4.78, 5) is 14.2. The van der Waals surface area contributed by atoms with Crippen LogP contribution in [0.25, 0.3) is 0 Å². The van der Waals surface area contributed by atoms with Crippen LogP contribution in [-0.4, -0.2) is 36.2 Å². The minimum Gasteiger partial charge on any atom is -0.399 e. The summed E-state index contributed by atoms with van der Waals surface area (Å²) in [5, 5.41) is 2.93. The van der Waals surface area contributed by atoms with Crippen LogP contribution in [0, 0.1) is 0 Å². The van der Waals surface area contributed by atoms with Crippen LogP contribution in [-0.2, 0) is 4.74 Å². The summed E-state index contributed by atoms with van der Waals surface area (Å²) in [6, 6.07) is 7.41. The molecule has 1 saturated carbocycles. The molecule has 2 atom stereocenters. The third-order valence-electron chi connectivity index (χ3n) is 3.90. The van der Waals surface area contributed by atoms with E-state index in [0.29, 0.717) is 18.8 Å². The van der Waals surface area contributed by atoms with Crippen LogP contribution in [0.15, 0.2) is 24.3 Å². The van der Waals surface area contributed by atoms with Gasteiger partial charge in [-0.25, -0.2) is 4.79 Å². The smallest absolute Gasteiger partial charge is 0.322 e. The monoisotopic (exact) mass is 261 g/mol. The first-order valence-corrected chi connectivity index (χ1v) is 6.79. The number of hydrogen-bond donors (Lipinski definition) is 2. The predicted molar refractivity (Wildman–Crippen MR) is 74.0 cm³/mol. The lowest BCUT2D eigenvalue weighted by Crippen LogP contribution is -2.52. The molecule has 2 unspecified atom stereocenters. The highest BCUT2D eigenvalue weighted by Gasteiger charge is 2.38. The molecule has 5 nitrogen and oxygen atoms in total. The van der Waals surface area contributed by atoms with Crippen molar-refractivity contribution in [2.45, 2.75) is 31.4 Å². The Hall–Kier alpha value is -1.75. The standard InChI is InChI=1S/C14H19N3O2/c15-10-4-6-11(7-5-10)16-14(18)17-8-9-19-13-3-1-2-12(13)17/h4-7,12-13H,1-3,8-9,15H2,(H,16,18). The van der Waals surface area contributed by atoms with E-state index < -0.39 is 0 Å². The van der Waals surface area contributed by atoms with Crippen LogP contribution in [0.3, 0.4) is 0 Å². The van der Waals surface area contributed by atoms with E-state index in [4.69, 9.17) is 10.5 Å². The van der Waals surface area contributed by atoms with Gasteiger partial charge in [-0.15, -0.1) is 0 Å². The zero-order valence-electron chi connectivity index (χ0n) is 10.8. The number of fused-ring (bicyclic) bond motifs is 1. The number of nitrogens with one attached hydrogen (secondary N) is 1. The predicted octanol–water partition coefficient (Wildman–Crippen LogP) is 2.05. The van der Waals surface area contributed by atoms with E-state index in [1.54, 1.807) is 12.1 Å². The van der Waals surface area contributed by atoms with Crippen molar-refractivity contribution in [3.63, 3.8) is 0 Å². The highest BCUT2D eigenvalue weighted by molar-refractivity contribution is 5.89. The average molecular weight is 261 g/mol. The Kier molecular flexibility index (Phi) is 3.29. The molecule has 2 amide bonds. The Balaban J connectivity index is 1.67. The summed E-state index contributed by atoms with van der Waals surface area (Å²) in [7, 11) is 0. The minimum absolute atomic E-state index is 0.0371. The SMILES string of the molecule is Nc1ccc(NC(=O)N2CCOC3CCCC32)cc1. The van der Waals surface area contributed by atoms with Crippen molar-refractivity contribution in [1.29, 1.82) is 0 Å². The van der Waals surface area contributed by atoms with Crippen LogP contribution in [0.5, 0.6) is 0 Å². The van der Waals surface area contributed by atoms with Gasteiger partial charge in [0.2, 0.25) is 0 Å². The van der Waals surface area contributed by atoms with E-state index in [-0.39, 0.29) is 18.2 Å². The molecule has 1 aliphatic heterocycles. The van der Waals surface area contributed by atoms with Crippen molar-refractivity contribution in [2.75, 3.05) is 24.2 Å². The normalized spacial score (nSPS) is 26.0. The first-order chi connectivity index (χ1) is 9.24. The molecule has 1 aromatic carbocycles. The van der Waals surface area contributed by atoms with Gasteiger partial charge in [-0.1, -0.05) is 0 Å². The van der Waals surface area contributed by atoms with Gasteiger partial charge in [-0.3, -0.25) is 0 Å². The van der Waals surface area contributed by atoms with Crippen molar-refractivity contribution in [3.8, 4) is 0 Å². The second-order valence-electron chi connectivity index (χ2n) is 5.15. The number of rotatable bonds is 1. The largest absolute Gasteiger partial charge is 0.399 e. The molecule has 2 fully saturated rings. The molecule has 3 N–H and O–H groups in total. The van der Waals surface area contributed by atoms with Gasteiger partial charge in [0.05, 0.1) is 18.8 Å². The lowest BCUT2D eigenvalue weighted by Gasteiger charge is -2.37. The van der Waals surface area contributed by atoms with Gasteiger partial charge < -0.3 is 20.7 Å². The molecule has 0 spiro atoms. The van der Waals surface area contributed by atoms with Crippen LogP contribution >= 0.6 is 0 Å². The Labute approximate surface area is 112 Å². The van der Waals surface area contributed by atoms with Gasteiger partial charge in [-0.2, -0.15) is 0 Å². The molecule has 3 rings (SSSR count). The molecule has 1 heterocycles.